The Kier molecular flexibility index (Phi) is 7.93. The molecule has 2 heterocycles. The number of hydrogen-bond acceptors (Lipinski definition) is 5. The monoisotopic (exact) mass is 526 g/mol. The smallest absolute Gasteiger partial charge is 0.265 e. The first-order valence-electron chi connectivity index (χ1n) is 13.4. The van der Waals surface area contributed by atoms with Crippen LogP contribution in [0.25, 0.3) is 11.1 Å². The third-order valence-electron chi connectivity index (χ3n) is 7.58. The molecule has 0 aromatic heterocycles. The zero-order valence-corrected chi connectivity index (χ0v) is 22.4. The third kappa shape index (κ3) is 5.81. The number of ether oxygens (including phenoxy) is 1. The van der Waals surface area contributed by atoms with Crippen LogP contribution in [0.15, 0.2) is 72.8 Å². The van der Waals surface area contributed by atoms with E-state index in [1.807, 2.05) is 18.2 Å². The number of anilines is 1. The Morgan fingerprint density at radius 1 is 0.974 bits per heavy atom. The molecule has 3 aromatic carbocycles. The molecule has 2 aliphatic rings. The summed E-state index contributed by atoms with van der Waals surface area (Å²) in [6.07, 6.45) is 2.31. The van der Waals surface area contributed by atoms with Crippen molar-refractivity contribution in [2.24, 2.45) is 0 Å². The number of likely N-dealkylation sites (tertiary alicyclic amines) is 1. The van der Waals surface area contributed by atoms with Gasteiger partial charge >= 0.3 is 0 Å². The highest BCUT2D eigenvalue weighted by Gasteiger charge is 2.32. The van der Waals surface area contributed by atoms with Gasteiger partial charge in [-0.3, -0.25) is 19.3 Å². The van der Waals surface area contributed by atoms with Gasteiger partial charge in [0.1, 0.15) is 12.3 Å². The maximum atomic E-state index is 13.7. The van der Waals surface area contributed by atoms with Crippen LogP contribution in [0.1, 0.15) is 34.8 Å². The predicted molar refractivity (Wildman–Crippen MR) is 151 cm³/mol. The van der Waals surface area contributed by atoms with Gasteiger partial charge in [0, 0.05) is 26.2 Å². The molecule has 1 fully saturated rings. The zero-order chi connectivity index (χ0) is 27.4. The van der Waals surface area contributed by atoms with Crippen molar-refractivity contribution >= 4 is 23.4 Å². The van der Waals surface area contributed by atoms with E-state index in [0.717, 1.165) is 49.2 Å². The first-order valence-corrected chi connectivity index (χ1v) is 13.4. The van der Waals surface area contributed by atoms with E-state index >= 15 is 0 Å². The van der Waals surface area contributed by atoms with E-state index in [1.165, 1.54) is 4.90 Å². The molecule has 1 unspecified atom stereocenters. The minimum absolute atomic E-state index is 0.137. The van der Waals surface area contributed by atoms with Crippen molar-refractivity contribution in [1.29, 1.82) is 0 Å². The molecule has 3 amide bonds. The normalized spacial score (nSPS) is 15.8. The number of amides is 3. The van der Waals surface area contributed by atoms with E-state index in [4.69, 9.17) is 4.74 Å². The largest absolute Gasteiger partial charge is 0.482 e. The van der Waals surface area contributed by atoms with Crippen molar-refractivity contribution in [2.45, 2.75) is 18.9 Å². The Morgan fingerprint density at radius 2 is 1.67 bits per heavy atom. The highest BCUT2D eigenvalue weighted by molar-refractivity contribution is 6.04. The molecule has 1 atom stereocenters. The number of hydrogen-bond donors (Lipinski definition) is 1. The van der Waals surface area contributed by atoms with Gasteiger partial charge in [0.15, 0.2) is 6.61 Å². The lowest BCUT2D eigenvalue weighted by molar-refractivity contribution is -0.133. The molecule has 3 aromatic rings. The fraction of sp³-hybridized carbons (Fsp3) is 0.323. The van der Waals surface area contributed by atoms with E-state index in [2.05, 4.69) is 46.6 Å². The van der Waals surface area contributed by atoms with E-state index in [-0.39, 0.29) is 36.9 Å². The Bertz CT molecular complexity index is 1340. The molecule has 0 saturated carbocycles. The predicted octanol–water partition coefficient (Wildman–Crippen LogP) is 3.73. The molecular weight excluding hydrogens is 492 g/mol. The fourth-order valence-electron chi connectivity index (χ4n) is 5.27. The first kappa shape index (κ1) is 26.4. The van der Waals surface area contributed by atoms with Crippen LogP contribution in [0.2, 0.25) is 0 Å². The van der Waals surface area contributed by atoms with Crippen molar-refractivity contribution < 1.29 is 19.1 Å². The lowest BCUT2D eigenvalue weighted by atomic mass is 9.99. The van der Waals surface area contributed by atoms with Crippen LogP contribution in [0, 0.1) is 0 Å². The number of nitrogens with zero attached hydrogens (tertiary/aromatic N) is 3. The molecular formula is C31H34N4O4. The lowest BCUT2D eigenvalue weighted by Crippen LogP contribution is -2.47. The summed E-state index contributed by atoms with van der Waals surface area (Å²) < 4.78 is 5.58. The summed E-state index contributed by atoms with van der Waals surface area (Å²) in [6, 6.07) is 23.3. The minimum atomic E-state index is -0.318. The van der Waals surface area contributed by atoms with Crippen LogP contribution in [0.5, 0.6) is 5.75 Å². The molecule has 2 aliphatic heterocycles. The lowest BCUT2D eigenvalue weighted by Gasteiger charge is -2.35. The van der Waals surface area contributed by atoms with Gasteiger partial charge in [-0.2, -0.15) is 0 Å². The molecule has 8 nitrogen and oxygen atoms in total. The van der Waals surface area contributed by atoms with E-state index in [1.54, 1.807) is 37.2 Å². The van der Waals surface area contributed by atoms with Crippen LogP contribution in [-0.4, -0.2) is 74.4 Å². The van der Waals surface area contributed by atoms with Gasteiger partial charge < -0.3 is 19.9 Å². The Balaban J connectivity index is 1.39. The van der Waals surface area contributed by atoms with Crippen molar-refractivity contribution in [3.63, 3.8) is 0 Å². The molecule has 1 saturated heterocycles. The summed E-state index contributed by atoms with van der Waals surface area (Å²) in [5, 5.41) is 2.59. The summed E-state index contributed by atoms with van der Waals surface area (Å²) in [4.78, 5) is 44.4. The van der Waals surface area contributed by atoms with E-state index < -0.39 is 0 Å². The second kappa shape index (κ2) is 11.7. The van der Waals surface area contributed by atoms with E-state index in [9.17, 15) is 14.4 Å². The third-order valence-corrected chi connectivity index (χ3v) is 7.58. The molecule has 8 heteroatoms. The maximum Gasteiger partial charge on any atom is 0.265 e. The van der Waals surface area contributed by atoms with Crippen molar-refractivity contribution in [1.82, 2.24) is 15.1 Å². The molecule has 1 N–H and O–H groups in total. The van der Waals surface area contributed by atoms with Crippen molar-refractivity contribution in [3.8, 4) is 16.9 Å². The number of carbonyl (C=O) groups excluding carboxylic acids is 3. The van der Waals surface area contributed by atoms with Gasteiger partial charge in [0.25, 0.3) is 11.8 Å². The molecule has 0 bridgehead atoms. The first-order chi connectivity index (χ1) is 18.9. The number of likely N-dealkylation sites (N-methyl/N-ethyl adjacent to an activating group) is 1. The summed E-state index contributed by atoms with van der Waals surface area (Å²) in [5.74, 6) is -0.300. The summed E-state index contributed by atoms with van der Waals surface area (Å²) in [6.45, 7) is 2.46. The highest BCUT2D eigenvalue weighted by atomic mass is 16.5. The molecule has 5 rings (SSSR count). The van der Waals surface area contributed by atoms with Crippen LogP contribution in [0.3, 0.4) is 0 Å². The molecule has 0 spiro atoms. The van der Waals surface area contributed by atoms with Gasteiger partial charge in [-0.1, -0.05) is 54.6 Å². The van der Waals surface area contributed by atoms with Crippen LogP contribution in [-0.2, 0) is 9.59 Å². The fourth-order valence-corrected chi connectivity index (χ4v) is 5.27. The number of rotatable bonds is 8. The maximum absolute atomic E-state index is 13.7. The Labute approximate surface area is 229 Å². The minimum Gasteiger partial charge on any atom is -0.482 e. The zero-order valence-electron chi connectivity index (χ0n) is 22.4. The highest BCUT2D eigenvalue weighted by Crippen LogP contribution is 2.34. The number of carbonyl (C=O) groups is 3. The van der Waals surface area contributed by atoms with Crippen molar-refractivity contribution in [2.75, 3.05) is 51.8 Å². The standard InChI is InChI=1S/C31H34N4O4/c1-32-31(38)25-14-15-28-26(18-25)35(30(37)21-39-28)20-29(36)33(2)27(19-34-16-6-7-17-34)24-12-10-23(11-13-24)22-8-4-3-5-9-22/h3-5,8-15,18,27H,6-7,16-17,19-21H2,1-2H3,(H,32,38). The topological polar surface area (TPSA) is 82.2 Å². The summed E-state index contributed by atoms with van der Waals surface area (Å²) >= 11 is 0. The quantitative estimate of drug-likeness (QED) is 0.484. The second-order valence-corrected chi connectivity index (χ2v) is 10.0. The Hall–Kier alpha value is -4.17. The van der Waals surface area contributed by atoms with E-state index in [0.29, 0.717) is 17.0 Å². The molecule has 0 radical (unpaired) electrons. The SMILES string of the molecule is CNC(=O)c1ccc2c(c1)N(CC(=O)N(C)C(CN1CCCC1)c1ccc(-c3ccccc3)cc1)C(=O)CO2. The van der Waals surface area contributed by atoms with Gasteiger partial charge in [0.2, 0.25) is 5.91 Å². The van der Waals surface area contributed by atoms with Crippen LogP contribution < -0.4 is 15.0 Å². The molecule has 0 aliphatic carbocycles. The average molecular weight is 527 g/mol. The Morgan fingerprint density at radius 3 is 2.36 bits per heavy atom. The van der Waals surface area contributed by atoms with Gasteiger partial charge in [-0.25, -0.2) is 0 Å². The number of nitrogens with one attached hydrogen (secondary N) is 1. The van der Waals surface area contributed by atoms with Crippen molar-refractivity contribution in [3.05, 3.63) is 83.9 Å². The van der Waals surface area contributed by atoms with Gasteiger partial charge in [-0.05, 0) is 60.8 Å². The summed E-state index contributed by atoms with van der Waals surface area (Å²) in [7, 11) is 3.35. The van der Waals surface area contributed by atoms with Crippen LogP contribution in [0.4, 0.5) is 5.69 Å². The number of fused-ring (bicyclic) bond motifs is 1. The van der Waals surface area contributed by atoms with Gasteiger partial charge in [-0.15, -0.1) is 0 Å². The second-order valence-electron chi connectivity index (χ2n) is 10.0. The summed E-state index contributed by atoms with van der Waals surface area (Å²) in [5.41, 5.74) is 4.14. The average Bonchev–Trinajstić information content (AvgIpc) is 3.50. The molecule has 39 heavy (non-hydrogen) atoms. The number of benzene rings is 3. The molecule has 202 valence electrons. The van der Waals surface area contributed by atoms with Crippen LogP contribution >= 0.6 is 0 Å². The van der Waals surface area contributed by atoms with Gasteiger partial charge in [0.05, 0.1) is 11.7 Å².